The standard InChI is InChI=1S/C13H22N2O2S2/c1-3-14-9-11-8-13(18-10-11)19(16,17)15(2)12-6-4-5-7-12/h8,10,12,14H,3-7,9H2,1-2H3. The van der Waals surface area contributed by atoms with Crippen LogP contribution in [0, 0.1) is 0 Å². The second-order valence-corrected chi connectivity index (χ2v) is 8.15. The number of nitrogens with one attached hydrogen (secondary N) is 1. The summed E-state index contributed by atoms with van der Waals surface area (Å²) in [6.07, 6.45) is 4.26. The summed E-state index contributed by atoms with van der Waals surface area (Å²) in [5, 5.41) is 5.14. The Balaban J connectivity index is 2.12. The Morgan fingerprint density at radius 3 is 2.74 bits per heavy atom. The van der Waals surface area contributed by atoms with Crippen LogP contribution in [0.15, 0.2) is 15.7 Å². The molecule has 1 aromatic rings. The Labute approximate surface area is 119 Å². The summed E-state index contributed by atoms with van der Waals surface area (Å²) in [6.45, 7) is 3.66. The highest BCUT2D eigenvalue weighted by Crippen LogP contribution is 2.29. The molecular weight excluding hydrogens is 280 g/mol. The first-order valence-electron chi connectivity index (χ1n) is 6.82. The molecule has 1 heterocycles. The van der Waals surface area contributed by atoms with Crippen molar-refractivity contribution in [3.8, 4) is 0 Å². The van der Waals surface area contributed by atoms with Crippen molar-refractivity contribution in [3.05, 3.63) is 17.0 Å². The zero-order valence-electron chi connectivity index (χ0n) is 11.6. The molecular formula is C13H22N2O2S2. The molecule has 0 amide bonds. The Morgan fingerprint density at radius 1 is 1.42 bits per heavy atom. The van der Waals surface area contributed by atoms with Crippen molar-refractivity contribution >= 4 is 21.4 Å². The molecule has 2 rings (SSSR count). The van der Waals surface area contributed by atoms with Gasteiger partial charge in [-0.3, -0.25) is 0 Å². The van der Waals surface area contributed by atoms with Gasteiger partial charge in [-0.15, -0.1) is 11.3 Å². The molecule has 1 aliphatic carbocycles. The molecule has 1 N–H and O–H groups in total. The van der Waals surface area contributed by atoms with Crippen LogP contribution in [-0.2, 0) is 16.6 Å². The van der Waals surface area contributed by atoms with Gasteiger partial charge >= 0.3 is 0 Å². The third kappa shape index (κ3) is 3.37. The molecule has 4 nitrogen and oxygen atoms in total. The van der Waals surface area contributed by atoms with Gasteiger partial charge < -0.3 is 5.32 Å². The first-order chi connectivity index (χ1) is 9.05. The summed E-state index contributed by atoms with van der Waals surface area (Å²) < 4.78 is 27.1. The summed E-state index contributed by atoms with van der Waals surface area (Å²) in [7, 11) is -1.59. The summed E-state index contributed by atoms with van der Waals surface area (Å²) in [5.41, 5.74) is 1.05. The topological polar surface area (TPSA) is 49.4 Å². The Kier molecular flexibility index (Phi) is 5.00. The summed E-state index contributed by atoms with van der Waals surface area (Å²) in [6, 6.07) is 1.98. The normalized spacial score (nSPS) is 17.4. The third-order valence-electron chi connectivity index (χ3n) is 3.68. The van der Waals surface area contributed by atoms with Crippen molar-refractivity contribution in [2.24, 2.45) is 0 Å². The van der Waals surface area contributed by atoms with E-state index in [0.717, 1.165) is 44.3 Å². The van der Waals surface area contributed by atoms with E-state index in [1.54, 1.807) is 17.4 Å². The number of hydrogen-bond donors (Lipinski definition) is 1. The summed E-state index contributed by atoms with van der Waals surface area (Å²) >= 11 is 1.32. The van der Waals surface area contributed by atoms with Crippen LogP contribution in [0.4, 0.5) is 0 Å². The van der Waals surface area contributed by atoms with Crippen LogP contribution in [0.3, 0.4) is 0 Å². The van der Waals surface area contributed by atoms with E-state index in [-0.39, 0.29) is 6.04 Å². The van der Waals surface area contributed by atoms with Crippen LogP contribution >= 0.6 is 11.3 Å². The number of hydrogen-bond acceptors (Lipinski definition) is 4. The molecule has 0 aliphatic heterocycles. The minimum absolute atomic E-state index is 0.185. The Bertz CT molecular complexity index is 504. The molecule has 0 radical (unpaired) electrons. The lowest BCUT2D eigenvalue weighted by Crippen LogP contribution is -2.34. The maximum absolute atomic E-state index is 12.5. The Hall–Kier alpha value is -0.430. The number of sulfonamides is 1. The van der Waals surface area contributed by atoms with Gasteiger partial charge in [-0.25, -0.2) is 8.42 Å². The second-order valence-electron chi connectivity index (χ2n) is 5.01. The largest absolute Gasteiger partial charge is 0.313 e. The van der Waals surface area contributed by atoms with E-state index in [1.165, 1.54) is 11.3 Å². The van der Waals surface area contributed by atoms with Crippen molar-refractivity contribution in [2.75, 3.05) is 13.6 Å². The van der Waals surface area contributed by atoms with E-state index in [4.69, 9.17) is 0 Å². The maximum atomic E-state index is 12.5. The third-order valence-corrected chi connectivity index (χ3v) is 7.06. The minimum atomic E-state index is -3.30. The van der Waals surface area contributed by atoms with E-state index in [1.807, 2.05) is 12.3 Å². The predicted molar refractivity (Wildman–Crippen MR) is 78.9 cm³/mol. The average molecular weight is 302 g/mol. The second kappa shape index (κ2) is 6.35. The average Bonchev–Trinajstić information content (AvgIpc) is 3.06. The molecule has 1 fully saturated rings. The molecule has 0 bridgehead atoms. The zero-order chi connectivity index (χ0) is 13.9. The SMILES string of the molecule is CCNCc1csc(S(=O)(=O)N(C)C2CCCC2)c1. The van der Waals surface area contributed by atoms with Gasteiger partial charge in [-0.2, -0.15) is 4.31 Å². The van der Waals surface area contributed by atoms with E-state index < -0.39 is 10.0 Å². The fraction of sp³-hybridized carbons (Fsp3) is 0.692. The van der Waals surface area contributed by atoms with E-state index in [2.05, 4.69) is 5.32 Å². The fourth-order valence-electron chi connectivity index (χ4n) is 2.46. The minimum Gasteiger partial charge on any atom is -0.313 e. The van der Waals surface area contributed by atoms with E-state index >= 15 is 0 Å². The van der Waals surface area contributed by atoms with Gasteiger partial charge in [0.2, 0.25) is 0 Å². The molecule has 0 aromatic carbocycles. The number of nitrogens with zero attached hydrogens (tertiary/aromatic N) is 1. The van der Waals surface area contributed by atoms with Gasteiger partial charge in [-0.1, -0.05) is 19.8 Å². The van der Waals surface area contributed by atoms with Crippen molar-refractivity contribution in [1.29, 1.82) is 0 Å². The van der Waals surface area contributed by atoms with Crippen molar-refractivity contribution in [1.82, 2.24) is 9.62 Å². The molecule has 1 aromatic heterocycles. The van der Waals surface area contributed by atoms with Gasteiger partial charge in [0.1, 0.15) is 4.21 Å². The van der Waals surface area contributed by atoms with Crippen molar-refractivity contribution in [2.45, 2.75) is 49.4 Å². The molecule has 0 unspecified atom stereocenters. The van der Waals surface area contributed by atoms with Crippen LogP contribution in [-0.4, -0.2) is 32.4 Å². The highest BCUT2D eigenvalue weighted by atomic mass is 32.2. The lowest BCUT2D eigenvalue weighted by molar-refractivity contribution is 0.374. The predicted octanol–water partition coefficient (Wildman–Crippen LogP) is 2.42. The first-order valence-corrected chi connectivity index (χ1v) is 9.14. The molecule has 1 aliphatic rings. The van der Waals surface area contributed by atoms with E-state index in [0.29, 0.717) is 4.21 Å². The first kappa shape index (κ1) is 15.0. The molecule has 0 saturated heterocycles. The lowest BCUT2D eigenvalue weighted by atomic mass is 10.3. The lowest BCUT2D eigenvalue weighted by Gasteiger charge is -2.22. The van der Waals surface area contributed by atoms with E-state index in [9.17, 15) is 8.42 Å². The molecule has 108 valence electrons. The number of thiophene rings is 1. The highest BCUT2D eigenvalue weighted by Gasteiger charge is 2.30. The van der Waals surface area contributed by atoms with Crippen LogP contribution < -0.4 is 5.32 Å². The van der Waals surface area contributed by atoms with Gasteiger partial charge in [0, 0.05) is 19.6 Å². The van der Waals surface area contributed by atoms with Crippen LogP contribution in [0.2, 0.25) is 0 Å². The molecule has 1 saturated carbocycles. The van der Waals surface area contributed by atoms with Crippen molar-refractivity contribution < 1.29 is 8.42 Å². The summed E-state index contributed by atoms with van der Waals surface area (Å²) in [5.74, 6) is 0. The van der Waals surface area contributed by atoms with Gasteiger partial charge in [0.25, 0.3) is 10.0 Å². The monoisotopic (exact) mass is 302 g/mol. The number of rotatable bonds is 6. The van der Waals surface area contributed by atoms with Gasteiger partial charge in [0.05, 0.1) is 0 Å². The van der Waals surface area contributed by atoms with Crippen LogP contribution in [0.1, 0.15) is 38.2 Å². The zero-order valence-corrected chi connectivity index (χ0v) is 13.2. The molecule has 0 atom stereocenters. The van der Waals surface area contributed by atoms with Crippen molar-refractivity contribution in [3.63, 3.8) is 0 Å². The smallest absolute Gasteiger partial charge is 0.252 e. The molecule has 19 heavy (non-hydrogen) atoms. The Morgan fingerprint density at radius 2 is 2.11 bits per heavy atom. The highest BCUT2D eigenvalue weighted by molar-refractivity contribution is 7.91. The molecule has 6 heteroatoms. The fourth-order valence-corrected chi connectivity index (χ4v) is 5.27. The van der Waals surface area contributed by atoms with Gasteiger partial charge in [0.15, 0.2) is 0 Å². The molecule has 0 spiro atoms. The van der Waals surface area contributed by atoms with Crippen LogP contribution in [0.25, 0.3) is 0 Å². The van der Waals surface area contributed by atoms with Gasteiger partial charge in [-0.05, 0) is 36.4 Å². The summed E-state index contributed by atoms with van der Waals surface area (Å²) in [4.78, 5) is 0. The van der Waals surface area contributed by atoms with Crippen LogP contribution in [0.5, 0.6) is 0 Å². The quantitative estimate of drug-likeness (QED) is 0.878. The maximum Gasteiger partial charge on any atom is 0.252 e.